The summed E-state index contributed by atoms with van der Waals surface area (Å²) in [6.07, 6.45) is 9.70. The molecule has 170 valence electrons. The largest absolute Gasteiger partial charge is 0.367 e. The predicted molar refractivity (Wildman–Crippen MR) is 130 cm³/mol. The van der Waals surface area contributed by atoms with Gasteiger partial charge in [0.05, 0.1) is 23.3 Å². The molecule has 2 aromatic heterocycles. The molecule has 3 aliphatic rings. The minimum atomic E-state index is -0.313. The summed E-state index contributed by atoms with van der Waals surface area (Å²) in [4.78, 5) is 25.1. The highest BCUT2D eigenvalue weighted by Gasteiger charge is 2.44. The van der Waals surface area contributed by atoms with Gasteiger partial charge in [0.2, 0.25) is 0 Å². The lowest BCUT2D eigenvalue weighted by molar-refractivity contribution is -0.120. The Morgan fingerprint density at radius 1 is 1.27 bits per heavy atom. The smallest absolute Gasteiger partial charge is 0.251 e. The van der Waals surface area contributed by atoms with E-state index in [1.165, 1.54) is 21.7 Å². The van der Waals surface area contributed by atoms with Crippen LogP contribution in [0.5, 0.6) is 0 Å². The lowest BCUT2D eigenvalue weighted by atomic mass is 9.78. The second-order valence-corrected chi connectivity index (χ2v) is 11.3. The van der Waals surface area contributed by atoms with E-state index >= 15 is 0 Å². The predicted octanol–water partition coefficient (Wildman–Crippen LogP) is 4.68. The summed E-state index contributed by atoms with van der Waals surface area (Å²) in [6.45, 7) is 4.64. The summed E-state index contributed by atoms with van der Waals surface area (Å²) in [5, 5.41) is 7.66. The van der Waals surface area contributed by atoms with Crippen LogP contribution in [0.3, 0.4) is 0 Å². The van der Waals surface area contributed by atoms with Crippen molar-refractivity contribution in [1.82, 2.24) is 25.1 Å². The van der Waals surface area contributed by atoms with Crippen LogP contribution in [0, 0.1) is 5.41 Å². The number of benzene rings is 1. The first kappa shape index (κ1) is 20.7. The summed E-state index contributed by atoms with van der Waals surface area (Å²) in [5.41, 5.74) is 12.9. The first-order valence-corrected chi connectivity index (χ1v) is 12.5. The highest BCUT2D eigenvalue weighted by Crippen LogP contribution is 2.54. The minimum Gasteiger partial charge on any atom is -0.367 e. The molecule has 3 heterocycles. The number of aryl methyl sites for hydroxylation is 1. The van der Waals surface area contributed by atoms with Crippen LogP contribution < -0.4 is 5.73 Å². The number of thioether (sulfide) groups is 1. The van der Waals surface area contributed by atoms with Gasteiger partial charge in [0, 0.05) is 16.2 Å². The number of H-pyrrole nitrogens is 1. The SMILES string of the molecule is CC1(C)CCC2=C(C1)SC(C(N)=O)N2C1CCCc2cc(-c3ncnc4[nH]ncc34)ccc21. The summed E-state index contributed by atoms with van der Waals surface area (Å²) < 4.78 is 0. The third-order valence-electron chi connectivity index (χ3n) is 7.34. The Morgan fingerprint density at radius 2 is 2.15 bits per heavy atom. The quantitative estimate of drug-likeness (QED) is 0.589. The van der Waals surface area contributed by atoms with Gasteiger partial charge in [-0.3, -0.25) is 9.89 Å². The number of fused-ring (bicyclic) bond motifs is 2. The van der Waals surface area contributed by atoms with Crippen LogP contribution in [0.15, 0.2) is 41.3 Å². The number of amides is 1. The first-order valence-electron chi connectivity index (χ1n) is 11.6. The van der Waals surface area contributed by atoms with E-state index in [0.717, 1.165) is 60.8 Å². The number of aromatic amines is 1. The van der Waals surface area contributed by atoms with Gasteiger partial charge in [-0.15, -0.1) is 0 Å². The number of allylic oxidation sites excluding steroid dienone is 2. The first-order chi connectivity index (χ1) is 15.9. The number of hydrogen-bond donors (Lipinski definition) is 2. The molecule has 8 heteroatoms. The Labute approximate surface area is 197 Å². The maximum Gasteiger partial charge on any atom is 0.251 e. The van der Waals surface area contributed by atoms with Gasteiger partial charge in [-0.1, -0.05) is 37.7 Å². The molecule has 1 aromatic carbocycles. The molecule has 7 nitrogen and oxygen atoms in total. The van der Waals surface area contributed by atoms with Crippen LogP contribution >= 0.6 is 11.8 Å². The minimum absolute atomic E-state index is 0.181. The molecule has 2 aliphatic carbocycles. The van der Waals surface area contributed by atoms with E-state index in [1.54, 1.807) is 24.3 Å². The topological polar surface area (TPSA) is 101 Å². The third-order valence-corrected chi connectivity index (χ3v) is 8.69. The van der Waals surface area contributed by atoms with Crippen LogP contribution in [0.25, 0.3) is 22.3 Å². The van der Waals surface area contributed by atoms with Gasteiger partial charge < -0.3 is 10.6 Å². The van der Waals surface area contributed by atoms with E-state index in [4.69, 9.17) is 5.73 Å². The normalized spacial score (nSPS) is 24.1. The standard InChI is InChI=1S/C25H28N6OS/c1-25(2)9-8-19-20(11-25)33-24(22(26)32)31(19)18-5-3-4-14-10-15(6-7-16(14)18)21-17-12-29-30-23(17)28-13-27-21/h6-7,10,12-13,18,24H,3-5,8-9,11H2,1-2H3,(H2,26,32)(H,27,28,29,30). The molecule has 0 saturated carbocycles. The van der Waals surface area contributed by atoms with E-state index in [-0.39, 0.29) is 22.7 Å². The van der Waals surface area contributed by atoms with Crippen molar-refractivity contribution in [3.05, 3.63) is 52.5 Å². The summed E-state index contributed by atoms with van der Waals surface area (Å²) >= 11 is 1.69. The van der Waals surface area contributed by atoms with E-state index in [0.29, 0.717) is 0 Å². The summed E-state index contributed by atoms with van der Waals surface area (Å²) in [6, 6.07) is 6.82. The number of carbonyl (C=O) groups excluding carboxylic acids is 1. The molecule has 0 radical (unpaired) electrons. The van der Waals surface area contributed by atoms with Gasteiger partial charge >= 0.3 is 0 Å². The van der Waals surface area contributed by atoms with Gasteiger partial charge in [-0.05, 0) is 61.1 Å². The van der Waals surface area contributed by atoms with Crippen LogP contribution in [0.2, 0.25) is 0 Å². The monoisotopic (exact) mass is 460 g/mol. The fourth-order valence-electron chi connectivity index (χ4n) is 5.70. The lowest BCUT2D eigenvalue weighted by Crippen LogP contribution is -2.42. The molecular weight excluding hydrogens is 432 g/mol. The fourth-order valence-corrected chi connectivity index (χ4v) is 7.29. The number of carbonyl (C=O) groups is 1. The number of nitrogens with two attached hydrogens (primary N) is 1. The number of hydrogen-bond acceptors (Lipinski definition) is 6. The molecule has 3 aromatic rings. The highest BCUT2D eigenvalue weighted by atomic mass is 32.2. The zero-order valence-corrected chi connectivity index (χ0v) is 19.8. The van der Waals surface area contributed by atoms with Gasteiger partial charge in [-0.2, -0.15) is 5.10 Å². The van der Waals surface area contributed by atoms with Crippen LogP contribution in [0.1, 0.15) is 63.1 Å². The highest BCUT2D eigenvalue weighted by molar-refractivity contribution is 8.04. The average molecular weight is 461 g/mol. The number of rotatable bonds is 3. The van der Waals surface area contributed by atoms with Crippen molar-refractivity contribution in [2.45, 2.75) is 63.8 Å². The Hall–Kier alpha value is -2.87. The zero-order chi connectivity index (χ0) is 22.7. The fraction of sp³-hybridized carbons (Fsp3) is 0.440. The molecule has 1 amide bonds. The van der Waals surface area contributed by atoms with E-state index < -0.39 is 0 Å². The molecule has 0 spiro atoms. The van der Waals surface area contributed by atoms with Crippen molar-refractivity contribution in [2.75, 3.05) is 0 Å². The zero-order valence-electron chi connectivity index (χ0n) is 19.0. The molecule has 3 N–H and O–H groups in total. The van der Waals surface area contributed by atoms with Crippen LogP contribution in [-0.4, -0.2) is 36.3 Å². The molecule has 0 fully saturated rings. The van der Waals surface area contributed by atoms with Gasteiger partial charge in [0.25, 0.3) is 5.91 Å². The molecule has 2 unspecified atom stereocenters. The molecule has 1 aliphatic heterocycles. The maximum atomic E-state index is 12.5. The molecule has 33 heavy (non-hydrogen) atoms. The lowest BCUT2D eigenvalue weighted by Gasteiger charge is -2.40. The second-order valence-electron chi connectivity index (χ2n) is 10.2. The van der Waals surface area contributed by atoms with Gasteiger partial charge in [-0.25, -0.2) is 9.97 Å². The van der Waals surface area contributed by atoms with Crippen molar-refractivity contribution < 1.29 is 4.79 Å². The third kappa shape index (κ3) is 3.42. The van der Waals surface area contributed by atoms with Crippen molar-refractivity contribution in [3.63, 3.8) is 0 Å². The molecule has 0 bridgehead atoms. The Morgan fingerprint density at radius 3 is 3.00 bits per heavy atom. The van der Waals surface area contributed by atoms with Gasteiger partial charge in [0.15, 0.2) is 11.0 Å². The van der Waals surface area contributed by atoms with Crippen LogP contribution in [-0.2, 0) is 11.2 Å². The second kappa shape index (κ2) is 7.58. The Bertz CT molecular complexity index is 1300. The number of primary amides is 1. The van der Waals surface area contributed by atoms with E-state index in [2.05, 4.69) is 57.1 Å². The molecular formula is C25H28N6OS. The molecule has 2 atom stereocenters. The van der Waals surface area contributed by atoms with Crippen molar-refractivity contribution in [1.29, 1.82) is 0 Å². The average Bonchev–Trinajstić information content (AvgIpc) is 3.42. The van der Waals surface area contributed by atoms with E-state index in [1.807, 2.05) is 0 Å². The van der Waals surface area contributed by atoms with E-state index in [9.17, 15) is 4.79 Å². The van der Waals surface area contributed by atoms with Crippen molar-refractivity contribution >= 4 is 28.7 Å². The Balaban J connectivity index is 1.40. The molecule has 0 saturated heterocycles. The summed E-state index contributed by atoms with van der Waals surface area (Å²) in [7, 11) is 0. The van der Waals surface area contributed by atoms with Crippen LogP contribution in [0.4, 0.5) is 0 Å². The molecule has 6 rings (SSSR count). The number of nitrogens with zero attached hydrogens (tertiary/aromatic N) is 4. The number of nitrogens with one attached hydrogen (secondary N) is 1. The summed E-state index contributed by atoms with van der Waals surface area (Å²) in [5.74, 6) is -0.237. The van der Waals surface area contributed by atoms with Gasteiger partial charge in [0.1, 0.15) is 6.33 Å². The van der Waals surface area contributed by atoms with Crippen molar-refractivity contribution in [3.8, 4) is 11.3 Å². The van der Waals surface area contributed by atoms with Crippen molar-refractivity contribution in [2.24, 2.45) is 11.1 Å². The maximum absolute atomic E-state index is 12.5. The Kier molecular flexibility index (Phi) is 4.76. The number of aromatic nitrogens is 4.